The van der Waals surface area contributed by atoms with Crippen molar-refractivity contribution in [1.82, 2.24) is 0 Å². The van der Waals surface area contributed by atoms with E-state index in [-0.39, 0.29) is 6.29 Å². The third-order valence-electron chi connectivity index (χ3n) is 1.63. The van der Waals surface area contributed by atoms with Gasteiger partial charge in [0, 0.05) is 0 Å². The second-order valence-corrected chi connectivity index (χ2v) is 2.48. The van der Waals surface area contributed by atoms with Gasteiger partial charge in [-0.3, -0.25) is 9.59 Å². The molecule has 0 bridgehead atoms. The Hall–Kier alpha value is -1.27. The zero-order valence-corrected chi connectivity index (χ0v) is 6.48. The lowest BCUT2D eigenvalue weighted by Crippen LogP contribution is -2.63. The molecule has 0 radical (unpaired) electrons. The first-order valence-electron chi connectivity index (χ1n) is 3.14. The fraction of sp³-hybridized carbons (Fsp3) is 0.500. The molecule has 0 saturated heterocycles. The van der Waals surface area contributed by atoms with Gasteiger partial charge in [-0.1, -0.05) is 6.92 Å². The zero-order valence-electron chi connectivity index (χ0n) is 6.48. The maximum atomic E-state index is 10.7. The lowest BCUT2D eigenvalue weighted by Gasteiger charge is -2.23. The lowest BCUT2D eigenvalue weighted by molar-refractivity contribution is -0.148. The molecule has 0 aromatic carbocycles. The molecule has 68 valence electrons. The van der Waals surface area contributed by atoms with E-state index in [0.29, 0.717) is 0 Å². The van der Waals surface area contributed by atoms with Gasteiger partial charge in [0.25, 0.3) is 0 Å². The van der Waals surface area contributed by atoms with Gasteiger partial charge in [-0.15, -0.1) is 0 Å². The first-order chi connectivity index (χ1) is 5.34. The predicted octanol–water partition coefficient (Wildman–Crippen LogP) is -1.91. The summed E-state index contributed by atoms with van der Waals surface area (Å²) in [7, 11) is 0. The first kappa shape index (κ1) is 10.7. The minimum absolute atomic E-state index is 0.00206. The molecule has 0 aromatic heterocycles. The number of rotatable bonds is 4. The van der Waals surface area contributed by atoms with E-state index >= 15 is 0 Å². The number of aldehydes is 1. The molecule has 0 heterocycles. The number of Topliss-reactive ketones (excluding diaryl/α,β-unsaturated/α-hetero) is 1. The Labute approximate surface area is 68.5 Å². The van der Waals surface area contributed by atoms with Crippen LogP contribution in [0.3, 0.4) is 0 Å². The topological polar surface area (TPSA) is 123 Å². The van der Waals surface area contributed by atoms with Gasteiger partial charge in [-0.05, 0) is 0 Å². The van der Waals surface area contributed by atoms with Crippen molar-refractivity contribution in [2.45, 2.75) is 12.6 Å². The summed E-state index contributed by atoms with van der Waals surface area (Å²) in [5, 5.41) is 8.44. The maximum absolute atomic E-state index is 10.7. The Bertz CT molecular complexity index is 224. The molecular formula is C6H10N2O4. The summed E-state index contributed by atoms with van der Waals surface area (Å²) in [6.45, 7) is 1.19. The highest BCUT2D eigenvalue weighted by atomic mass is 16.4. The van der Waals surface area contributed by atoms with Crippen molar-refractivity contribution in [2.24, 2.45) is 17.4 Å². The molecule has 1 unspecified atom stereocenters. The van der Waals surface area contributed by atoms with Crippen LogP contribution in [-0.2, 0) is 14.4 Å². The van der Waals surface area contributed by atoms with Crippen LogP contribution in [0.25, 0.3) is 0 Å². The van der Waals surface area contributed by atoms with E-state index in [9.17, 15) is 14.4 Å². The van der Waals surface area contributed by atoms with Crippen LogP contribution in [0.4, 0.5) is 0 Å². The number of ketones is 1. The highest BCUT2D eigenvalue weighted by Crippen LogP contribution is 2.08. The van der Waals surface area contributed by atoms with Crippen molar-refractivity contribution in [3.05, 3.63) is 0 Å². The molecule has 0 rings (SSSR count). The summed E-state index contributed by atoms with van der Waals surface area (Å²) in [6, 6.07) is 0. The first-order valence-corrected chi connectivity index (χ1v) is 3.14. The maximum Gasteiger partial charge on any atom is 0.339 e. The summed E-state index contributed by atoms with van der Waals surface area (Å²) >= 11 is 0. The van der Waals surface area contributed by atoms with Crippen molar-refractivity contribution in [3.8, 4) is 0 Å². The number of hydrogen-bond acceptors (Lipinski definition) is 5. The number of carbonyl (C=O) groups excluding carboxylic acids is 2. The normalized spacial score (nSPS) is 13.6. The van der Waals surface area contributed by atoms with Gasteiger partial charge in [-0.25, -0.2) is 4.79 Å². The molecule has 0 aromatic rings. The van der Waals surface area contributed by atoms with Crippen LogP contribution in [0.1, 0.15) is 6.92 Å². The van der Waals surface area contributed by atoms with E-state index in [4.69, 9.17) is 16.6 Å². The van der Waals surface area contributed by atoms with E-state index in [2.05, 4.69) is 0 Å². The number of nitrogens with two attached hydrogens (primary N) is 2. The van der Waals surface area contributed by atoms with Crippen LogP contribution < -0.4 is 11.5 Å². The third-order valence-corrected chi connectivity index (χ3v) is 1.63. The largest absolute Gasteiger partial charge is 0.479 e. The standard InChI is InChI=1S/C6H10N2O4/c1-3(4(10)2-9)6(7,8)5(11)12/h2-3H,7-8H2,1H3,(H,11,12). The Balaban J connectivity index is 4.67. The van der Waals surface area contributed by atoms with Crippen LogP contribution in [-0.4, -0.2) is 28.8 Å². The molecule has 1 atom stereocenters. The van der Waals surface area contributed by atoms with E-state index in [0.717, 1.165) is 0 Å². The Morgan fingerprint density at radius 3 is 2.17 bits per heavy atom. The van der Waals surface area contributed by atoms with Gasteiger partial charge in [0.15, 0.2) is 11.9 Å². The summed E-state index contributed by atoms with van der Waals surface area (Å²) in [5.74, 6) is -3.68. The van der Waals surface area contributed by atoms with Gasteiger partial charge < -0.3 is 16.6 Å². The molecule has 0 aliphatic carbocycles. The van der Waals surface area contributed by atoms with E-state index in [1.807, 2.05) is 0 Å². The van der Waals surface area contributed by atoms with E-state index < -0.39 is 23.3 Å². The summed E-state index contributed by atoms with van der Waals surface area (Å²) in [4.78, 5) is 31.0. The van der Waals surface area contributed by atoms with Crippen LogP contribution in [0.15, 0.2) is 0 Å². The molecule has 6 nitrogen and oxygen atoms in total. The minimum atomic E-state index is -2.18. The van der Waals surface area contributed by atoms with Crippen LogP contribution >= 0.6 is 0 Å². The van der Waals surface area contributed by atoms with Gasteiger partial charge >= 0.3 is 5.97 Å². The van der Waals surface area contributed by atoms with Crippen molar-refractivity contribution in [2.75, 3.05) is 0 Å². The Morgan fingerprint density at radius 2 is 1.92 bits per heavy atom. The average molecular weight is 174 g/mol. The molecular weight excluding hydrogens is 164 g/mol. The molecule has 0 spiro atoms. The number of hydrogen-bond donors (Lipinski definition) is 3. The van der Waals surface area contributed by atoms with Gasteiger partial charge in [0.1, 0.15) is 0 Å². The molecule has 12 heavy (non-hydrogen) atoms. The summed E-state index contributed by atoms with van der Waals surface area (Å²) in [6.07, 6.45) is 0.00206. The van der Waals surface area contributed by atoms with Gasteiger partial charge in [0.05, 0.1) is 5.92 Å². The Kier molecular flexibility index (Phi) is 3.06. The summed E-state index contributed by atoms with van der Waals surface area (Å²) < 4.78 is 0. The van der Waals surface area contributed by atoms with Gasteiger partial charge in [-0.2, -0.15) is 0 Å². The second kappa shape index (κ2) is 3.42. The second-order valence-electron chi connectivity index (χ2n) is 2.48. The van der Waals surface area contributed by atoms with Crippen LogP contribution in [0, 0.1) is 5.92 Å². The SMILES string of the molecule is CC(C(=O)C=O)C(N)(N)C(=O)O. The van der Waals surface area contributed by atoms with Crippen molar-refractivity contribution >= 4 is 18.0 Å². The fourth-order valence-corrected chi connectivity index (χ4v) is 0.523. The molecule has 5 N–H and O–H groups in total. The zero-order chi connectivity index (χ0) is 9.94. The quantitative estimate of drug-likeness (QED) is 0.259. The smallest absolute Gasteiger partial charge is 0.339 e. The monoisotopic (exact) mass is 174 g/mol. The molecule has 0 aliphatic rings. The number of carbonyl (C=O) groups is 3. The highest BCUT2D eigenvalue weighted by Gasteiger charge is 2.39. The van der Waals surface area contributed by atoms with Crippen LogP contribution in [0.5, 0.6) is 0 Å². The van der Waals surface area contributed by atoms with Crippen molar-refractivity contribution in [1.29, 1.82) is 0 Å². The Morgan fingerprint density at radius 1 is 1.50 bits per heavy atom. The third kappa shape index (κ3) is 1.86. The molecule has 0 saturated carbocycles. The van der Waals surface area contributed by atoms with Gasteiger partial charge in [0.2, 0.25) is 5.78 Å². The lowest BCUT2D eigenvalue weighted by atomic mass is 9.92. The minimum Gasteiger partial charge on any atom is -0.479 e. The fourth-order valence-electron chi connectivity index (χ4n) is 0.523. The molecule has 0 aliphatic heterocycles. The summed E-state index contributed by atoms with van der Waals surface area (Å²) in [5.41, 5.74) is 7.97. The number of aliphatic carboxylic acids is 1. The van der Waals surface area contributed by atoms with Crippen molar-refractivity contribution < 1.29 is 19.5 Å². The van der Waals surface area contributed by atoms with Crippen molar-refractivity contribution in [3.63, 3.8) is 0 Å². The number of carboxylic acids is 1. The van der Waals surface area contributed by atoms with E-state index in [1.54, 1.807) is 0 Å². The molecule has 0 fully saturated rings. The van der Waals surface area contributed by atoms with E-state index in [1.165, 1.54) is 6.92 Å². The highest BCUT2D eigenvalue weighted by molar-refractivity contribution is 6.26. The number of carboxylic acid groups (broad SMARTS) is 1. The average Bonchev–Trinajstić information content (AvgIpc) is 2.01. The molecule has 0 amide bonds. The predicted molar refractivity (Wildman–Crippen MR) is 39.0 cm³/mol. The molecule has 6 heteroatoms. The van der Waals surface area contributed by atoms with Crippen LogP contribution in [0.2, 0.25) is 0 Å².